The summed E-state index contributed by atoms with van der Waals surface area (Å²) in [7, 11) is 1.53. The number of methoxy groups -OCH3 is 1. The number of anilines is 2. The molecule has 1 aliphatic rings. The molecule has 36 heavy (non-hydrogen) atoms. The lowest BCUT2D eigenvalue weighted by Gasteiger charge is -2.29. The lowest BCUT2D eigenvalue weighted by Crippen LogP contribution is -2.39. The predicted octanol–water partition coefficient (Wildman–Crippen LogP) is 4.90. The van der Waals surface area contributed by atoms with Crippen molar-refractivity contribution in [2.45, 2.75) is 45.2 Å². The minimum Gasteiger partial charge on any atom is -0.493 e. The molecule has 0 radical (unpaired) electrons. The van der Waals surface area contributed by atoms with E-state index in [-0.39, 0.29) is 24.5 Å². The molecule has 4 rings (SSSR count). The Morgan fingerprint density at radius 1 is 1.11 bits per heavy atom. The molecule has 2 aromatic carbocycles. The van der Waals surface area contributed by atoms with Crippen molar-refractivity contribution in [2.75, 3.05) is 38.0 Å². The number of nitrogens with one attached hydrogen (secondary N) is 1. The van der Waals surface area contributed by atoms with E-state index < -0.39 is 17.8 Å². The van der Waals surface area contributed by atoms with Crippen molar-refractivity contribution in [3.05, 3.63) is 47.3 Å². The zero-order valence-corrected chi connectivity index (χ0v) is 20.5. The van der Waals surface area contributed by atoms with Gasteiger partial charge in [0, 0.05) is 17.1 Å². The van der Waals surface area contributed by atoms with Crippen LogP contribution in [0, 0.1) is 6.92 Å². The molecule has 0 saturated carbocycles. The molecule has 0 aliphatic carbocycles. The summed E-state index contributed by atoms with van der Waals surface area (Å²) < 4.78 is 62.4. The van der Waals surface area contributed by atoms with E-state index in [1.165, 1.54) is 13.2 Å². The van der Waals surface area contributed by atoms with E-state index >= 15 is 0 Å². The highest BCUT2D eigenvalue weighted by molar-refractivity contribution is 5.92. The Morgan fingerprint density at radius 2 is 1.86 bits per heavy atom. The van der Waals surface area contributed by atoms with Gasteiger partial charge in [-0.05, 0) is 50.6 Å². The van der Waals surface area contributed by atoms with Gasteiger partial charge in [0.1, 0.15) is 24.4 Å². The normalized spacial score (nSPS) is 15.9. The van der Waals surface area contributed by atoms with Gasteiger partial charge in [-0.3, -0.25) is 0 Å². The van der Waals surface area contributed by atoms with Crippen molar-refractivity contribution >= 4 is 22.4 Å². The molecule has 2 atom stereocenters. The SMILES string of the molecule is COc1cc2nc(C)nc(NC(C)c3cc(N)cc(C(F)(F)F)c3)c2cc1OCC(C)OC1COC1. The average Bonchev–Trinajstić information content (AvgIpc) is 2.78. The van der Waals surface area contributed by atoms with Crippen molar-refractivity contribution in [2.24, 2.45) is 0 Å². The summed E-state index contributed by atoms with van der Waals surface area (Å²) >= 11 is 0. The van der Waals surface area contributed by atoms with Crippen molar-refractivity contribution in [1.29, 1.82) is 0 Å². The molecule has 8 nitrogen and oxygen atoms in total. The molecule has 0 spiro atoms. The summed E-state index contributed by atoms with van der Waals surface area (Å²) in [6.45, 7) is 6.82. The Morgan fingerprint density at radius 3 is 2.50 bits per heavy atom. The molecule has 3 aromatic rings. The Balaban J connectivity index is 1.62. The van der Waals surface area contributed by atoms with Crippen LogP contribution in [0.5, 0.6) is 11.5 Å². The number of rotatable bonds is 9. The number of aryl methyl sites for hydroxylation is 1. The summed E-state index contributed by atoms with van der Waals surface area (Å²) in [5, 5.41) is 3.84. The minimum absolute atomic E-state index is 0.0300. The van der Waals surface area contributed by atoms with Gasteiger partial charge >= 0.3 is 6.18 Å². The molecule has 1 aromatic heterocycles. The number of hydrogen-bond donors (Lipinski definition) is 2. The Hall–Kier alpha value is -3.31. The number of halogens is 3. The molecule has 2 unspecified atom stereocenters. The van der Waals surface area contributed by atoms with Crippen LogP contribution in [0.1, 0.15) is 36.8 Å². The van der Waals surface area contributed by atoms with Crippen LogP contribution in [-0.2, 0) is 15.7 Å². The molecule has 1 fully saturated rings. The first-order chi connectivity index (χ1) is 17.0. The second-order valence-corrected chi connectivity index (χ2v) is 8.81. The van der Waals surface area contributed by atoms with Crippen LogP contribution in [0.4, 0.5) is 24.7 Å². The van der Waals surface area contributed by atoms with E-state index in [4.69, 9.17) is 24.7 Å². The first-order valence-electron chi connectivity index (χ1n) is 11.5. The zero-order valence-electron chi connectivity index (χ0n) is 20.5. The van der Waals surface area contributed by atoms with Gasteiger partial charge in [-0.2, -0.15) is 13.2 Å². The van der Waals surface area contributed by atoms with E-state index in [2.05, 4.69) is 15.3 Å². The Labute approximate surface area is 206 Å². The number of alkyl halides is 3. The lowest BCUT2D eigenvalue weighted by molar-refractivity contribution is -0.156. The minimum atomic E-state index is -4.50. The van der Waals surface area contributed by atoms with Crippen LogP contribution in [-0.4, -0.2) is 49.1 Å². The fourth-order valence-electron chi connectivity index (χ4n) is 3.88. The summed E-state index contributed by atoms with van der Waals surface area (Å²) in [6.07, 6.45) is -4.60. The van der Waals surface area contributed by atoms with Gasteiger partial charge in [-0.25, -0.2) is 9.97 Å². The number of fused-ring (bicyclic) bond motifs is 1. The largest absolute Gasteiger partial charge is 0.493 e. The second kappa shape index (κ2) is 10.4. The van der Waals surface area contributed by atoms with E-state index in [1.807, 2.05) is 6.92 Å². The first-order valence-corrected chi connectivity index (χ1v) is 11.5. The van der Waals surface area contributed by atoms with Gasteiger partial charge in [0.25, 0.3) is 0 Å². The van der Waals surface area contributed by atoms with Crippen molar-refractivity contribution in [3.8, 4) is 11.5 Å². The third-order valence-corrected chi connectivity index (χ3v) is 5.76. The van der Waals surface area contributed by atoms with Crippen LogP contribution in [0.15, 0.2) is 30.3 Å². The fraction of sp³-hybridized carbons (Fsp3) is 0.440. The maximum atomic E-state index is 13.3. The summed E-state index contributed by atoms with van der Waals surface area (Å²) in [4.78, 5) is 8.99. The smallest absolute Gasteiger partial charge is 0.416 e. The molecule has 194 valence electrons. The van der Waals surface area contributed by atoms with Gasteiger partial charge in [-0.15, -0.1) is 0 Å². The monoisotopic (exact) mass is 506 g/mol. The average molecular weight is 507 g/mol. The van der Waals surface area contributed by atoms with Gasteiger partial charge in [-0.1, -0.05) is 0 Å². The molecule has 1 saturated heterocycles. The predicted molar refractivity (Wildman–Crippen MR) is 129 cm³/mol. The molecular formula is C25H29F3N4O4. The van der Waals surface area contributed by atoms with Gasteiger partial charge in [0.2, 0.25) is 0 Å². The Bertz CT molecular complexity index is 1230. The standard InChI is InChI=1S/C25H29F3N4O4/c1-13(36-19-11-34-12-19)10-35-23-8-20-21(9-22(23)33-4)31-15(3)32-24(20)30-14(2)16-5-17(25(26,27)28)7-18(29)6-16/h5-9,13-14,19H,10-12,29H2,1-4H3,(H,30,31,32). The van der Waals surface area contributed by atoms with Crippen molar-refractivity contribution in [3.63, 3.8) is 0 Å². The van der Waals surface area contributed by atoms with Crippen LogP contribution in [0.25, 0.3) is 10.9 Å². The number of ether oxygens (including phenoxy) is 4. The number of hydrogen-bond acceptors (Lipinski definition) is 8. The van der Waals surface area contributed by atoms with Gasteiger partial charge < -0.3 is 30.0 Å². The molecule has 11 heteroatoms. The summed E-state index contributed by atoms with van der Waals surface area (Å²) in [5.74, 6) is 1.90. The highest BCUT2D eigenvalue weighted by Gasteiger charge is 2.31. The quantitative estimate of drug-likeness (QED) is 0.395. The van der Waals surface area contributed by atoms with Gasteiger partial charge in [0.05, 0.1) is 43.5 Å². The van der Waals surface area contributed by atoms with E-state index in [1.54, 1.807) is 26.0 Å². The van der Waals surface area contributed by atoms with Crippen molar-refractivity contribution < 1.29 is 32.1 Å². The molecule has 3 N–H and O–H groups in total. The number of nitrogen functional groups attached to an aromatic ring is 1. The zero-order chi connectivity index (χ0) is 26.0. The fourth-order valence-corrected chi connectivity index (χ4v) is 3.88. The summed E-state index contributed by atoms with van der Waals surface area (Å²) in [6, 6.07) is 6.46. The van der Waals surface area contributed by atoms with E-state index in [0.717, 1.165) is 12.1 Å². The highest BCUT2D eigenvalue weighted by atomic mass is 19.4. The topological polar surface area (TPSA) is 101 Å². The third-order valence-electron chi connectivity index (χ3n) is 5.76. The highest BCUT2D eigenvalue weighted by Crippen LogP contribution is 2.37. The Kier molecular flexibility index (Phi) is 7.41. The van der Waals surface area contributed by atoms with E-state index in [0.29, 0.717) is 52.8 Å². The molecular weight excluding hydrogens is 477 g/mol. The van der Waals surface area contributed by atoms with Crippen LogP contribution in [0.2, 0.25) is 0 Å². The molecule has 0 bridgehead atoms. The lowest BCUT2D eigenvalue weighted by atomic mass is 10.0. The number of aromatic nitrogens is 2. The second-order valence-electron chi connectivity index (χ2n) is 8.81. The maximum Gasteiger partial charge on any atom is 0.416 e. The van der Waals surface area contributed by atoms with E-state index in [9.17, 15) is 13.2 Å². The third kappa shape index (κ3) is 5.90. The molecule has 2 heterocycles. The van der Waals surface area contributed by atoms with Crippen LogP contribution in [0.3, 0.4) is 0 Å². The number of benzene rings is 2. The molecule has 0 amide bonds. The maximum absolute atomic E-state index is 13.3. The van der Waals surface area contributed by atoms with Gasteiger partial charge in [0.15, 0.2) is 11.5 Å². The number of nitrogens with zero attached hydrogens (tertiary/aromatic N) is 2. The van der Waals surface area contributed by atoms with Crippen LogP contribution >= 0.6 is 0 Å². The first kappa shape index (κ1) is 25.8. The van der Waals surface area contributed by atoms with Crippen LogP contribution < -0.4 is 20.5 Å². The molecule has 1 aliphatic heterocycles. The van der Waals surface area contributed by atoms with Crippen molar-refractivity contribution in [1.82, 2.24) is 9.97 Å². The number of nitrogens with two attached hydrogens (primary N) is 1. The summed E-state index contributed by atoms with van der Waals surface area (Å²) in [5.41, 5.74) is 5.95.